The monoisotopic (exact) mass is 350 g/mol. The number of aryl methyl sites for hydroxylation is 1. The highest BCUT2D eigenvalue weighted by molar-refractivity contribution is 6.07. The molecule has 5 aromatic rings. The van der Waals surface area contributed by atoms with E-state index in [9.17, 15) is 4.79 Å². The molecule has 2 heterocycles. The molecule has 0 unspecified atom stereocenters. The summed E-state index contributed by atoms with van der Waals surface area (Å²) in [4.78, 5) is 18.1. The van der Waals surface area contributed by atoms with Gasteiger partial charge in [-0.1, -0.05) is 55.5 Å². The highest BCUT2D eigenvalue weighted by Gasteiger charge is 2.14. The summed E-state index contributed by atoms with van der Waals surface area (Å²) in [5, 5.41) is 3.85. The Morgan fingerprint density at radius 3 is 2.59 bits per heavy atom. The Hall–Kier alpha value is -3.46. The Labute approximate surface area is 156 Å². The molecule has 130 valence electrons. The van der Waals surface area contributed by atoms with Crippen LogP contribution in [0.2, 0.25) is 0 Å². The molecule has 0 spiro atoms. The fraction of sp³-hybridized carbons (Fsp3) is 0.0833. The molecular formula is C24H18N2O. The van der Waals surface area contributed by atoms with Gasteiger partial charge in [-0.15, -0.1) is 0 Å². The molecule has 0 aliphatic rings. The Kier molecular flexibility index (Phi) is 3.54. The van der Waals surface area contributed by atoms with Crippen molar-refractivity contribution in [1.29, 1.82) is 0 Å². The quantitative estimate of drug-likeness (QED) is 0.407. The molecule has 0 aliphatic carbocycles. The minimum atomic E-state index is -0.00972. The zero-order valence-corrected chi connectivity index (χ0v) is 15.0. The summed E-state index contributed by atoms with van der Waals surface area (Å²) < 4.78 is 1.80. The van der Waals surface area contributed by atoms with Gasteiger partial charge in [0.1, 0.15) is 0 Å². The van der Waals surface area contributed by atoms with Crippen LogP contribution in [-0.4, -0.2) is 9.55 Å². The second-order valence-electron chi connectivity index (χ2n) is 6.74. The van der Waals surface area contributed by atoms with Gasteiger partial charge in [0, 0.05) is 22.4 Å². The van der Waals surface area contributed by atoms with Crippen molar-refractivity contribution in [2.24, 2.45) is 0 Å². The van der Waals surface area contributed by atoms with Crippen molar-refractivity contribution in [2.45, 2.75) is 13.3 Å². The molecule has 0 aliphatic heterocycles. The molecule has 3 aromatic carbocycles. The largest absolute Gasteiger partial charge is 0.274 e. The van der Waals surface area contributed by atoms with Crippen LogP contribution in [0.4, 0.5) is 0 Å². The van der Waals surface area contributed by atoms with E-state index in [0.717, 1.165) is 44.7 Å². The number of rotatable bonds is 2. The summed E-state index contributed by atoms with van der Waals surface area (Å²) >= 11 is 0. The fourth-order valence-electron chi connectivity index (χ4n) is 3.85. The third-order valence-corrected chi connectivity index (χ3v) is 5.21. The predicted octanol–water partition coefficient (Wildman–Crippen LogP) is 5.25. The highest BCUT2D eigenvalue weighted by Crippen LogP contribution is 2.28. The van der Waals surface area contributed by atoms with Crippen LogP contribution in [-0.2, 0) is 6.42 Å². The van der Waals surface area contributed by atoms with Crippen molar-refractivity contribution in [3.8, 4) is 5.69 Å². The van der Waals surface area contributed by atoms with Crippen LogP contribution in [0.3, 0.4) is 0 Å². The van der Waals surface area contributed by atoms with Gasteiger partial charge in [0.2, 0.25) is 0 Å². The first kappa shape index (κ1) is 15.8. The van der Waals surface area contributed by atoms with Gasteiger partial charge in [-0.05, 0) is 41.6 Å². The number of hydrogen-bond acceptors (Lipinski definition) is 2. The third kappa shape index (κ3) is 2.36. The SMILES string of the molecule is CCc1ccc2c(=O)n(-c3cccc4cccnc34)c3ccccc3c2c1. The molecule has 0 bridgehead atoms. The average Bonchev–Trinajstić information content (AvgIpc) is 2.73. The first-order valence-electron chi connectivity index (χ1n) is 9.18. The molecule has 3 heteroatoms. The molecular weight excluding hydrogens is 332 g/mol. The maximum absolute atomic E-state index is 13.5. The van der Waals surface area contributed by atoms with Crippen molar-refractivity contribution in [1.82, 2.24) is 9.55 Å². The average molecular weight is 350 g/mol. The number of hydrogen-bond donors (Lipinski definition) is 0. The molecule has 0 atom stereocenters. The zero-order valence-electron chi connectivity index (χ0n) is 15.0. The van der Waals surface area contributed by atoms with E-state index < -0.39 is 0 Å². The molecule has 5 rings (SSSR count). The van der Waals surface area contributed by atoms with Gasteiger partial charge in [-0.2, -0.15) is 0 Å². The fourth-order valence-corrected chi connectivity index (χ4v) is 3.85. The number of para-hydroxylation sites is 2. The van der Waals surface area contributed by atoms with E-state index in [-0.39, 0.29) is 5.56 Å². The Bertz CT molecular complexity index is 1380. The minimum Gasteiger partial charge on any atom is -0.274 e. The molecule has 0 fully saturated rings. The third-order valence-electron chi connectivity index (χ3n) is 5.21. The lowest BCUT2D eigenvalue weighted by atomic mass is 10.0. The van der Waals surface area contributed by atoms with E-state index in [1.165, 1.54) is 5.56 Å². The van der Waals surface area contributed by atoms with Gasteiger partial charge in [0.25, 0.3) is 5.56 Å². The van der Waals surface area contributed by atoms with E-state index in [4.69, 9.17) is 0 Å². The summed E-state index contributed by atoms with van der Waals surface area (Å²) in [7, 11) is 0. The number of nitrogens with zero attached hydrogens (tertiary/aromatic N) is 2. The lowest BCUT2D eigenvalue weighted by Crippen LogP contribution is -2.19. The summed E-state index contributed by atoms with van der Waals surface area (Å²) in [6.07, 6.45) is 2.72. The van der Waals surface area contributed by atoms with Gasteiger partial charge in [0.05, 0.1) is 16.7 Å². The van der Waals surface area contributed by atoms with Crippen LogP contribution in [0, 0.1) is 0 Å². The predicted molar refractivity (Wildman–Crippen MR) is 112 cm³/mol. The Morgan fingerprint density at radius 1 is 0.852 bits per heavy atom. The molecule has 0 saturated carbocycles. The summed E-state index contributed by atoms with van der Waals surface area (Å²) in [6.45, 7) is 2.13. The van der Waals surface area contributed by atoms with E-state index in [0.29, 0.717) is 0 Å². The molecule has 0 amide bonds. The lowest BCUT2D eigenvalue weighted by Gasteiger charge is -2.15. The van der Waals surface area contributed by atoms with Crippen molar-refractivity contribution in [3.05, 3.63) is 94.9 Å². The van der Waals surface area contributed by atoms with Crippen molar-refractivity contribution >= 4 is 32.6 Å². The molecule has 0 radical (unpaired) electrons. The van der Waals surface area contributed by atoms with Crippen LogP contribution >= 0.6 is 0 Å². The zero-order chi connectivity index (χ0) is 18.4. The van der Waals surface area contributed by atoms with E-state index >= 15 is 0 Å². The smallest absolute Gasteiger partial charge is 0.263 e. The highest BCUT2D eigenvalue weighted by atomic mass is 16.1. The van der Waals surface area contributed by atoms with Crippen LogP contribution < -0.4 is 5.56 Å². The topological polar surface area (TPSA) is 34.9 Å². The first-order valence-corrected chi connectivity index (χ1v) is 9.18. The molecule has 3 nitrogen and oxygen atoms in total. The number of aromatic nitrogens is 2. The summed E-state index contributed by atoms with van der Waals surface area (Å²) in [6, 6.07) is 24.2. The number of pyridine rings is 2. The van der Waals surface area contributed by atoms with Gasteiger partial charge in [-0.25, -0.2) is 0 Å². The lowest BCUT2D eigenvalue weighted by molar-refractivity contribution is 1.06. The van der Waals surface area contributed by atoms with Crippen LogP contribution in [0.25, 0.3) is 38.3 Å². The summed E-state index contributed by atoms with van der Waals surface area (Å²) in [5.41, 5.74) is 3.77. The van der Waals surface area contributed by atoms with Crippen LogP contribution in [0.1, 0.15) is 12.5 Å². The minimum absolute atomic E-state index is 0.00972. The maximum atomic E-state index is 13.5. The van der Waals surface area contributed by atoms with E-state index in [2.05, 4.69) is 24.0 Å². The Balaban J connectivity index is 2.01. The normalized spacial score (nSPS) is 11.4. The van der Waals surface area contributed by atoms with Crippen molar-refractivity contribution in [3.63, 3.8) is 0 Å². The molecule has 0 saturated heterocycles. The molecule has 0 N–H and O–H groups in total. The van der Waals surface area contributed by atoms with Gasteiger partial charge >= 0.3 is 0 Å². The number of fused-ring (bicyclic) bond motifs is 4. The Morgan fingerprint density at radius 2 is 1.70 bits per heavy atom. The number of benzene rings is 3. The van der Waals surface area contributed by atoms with E-state index in [1.54, 1.807) is 10.8 Å². The first-order chi connectivity index (χ1) is 13.3. The summed E-state index contributed by atoms with van der Waals surface area (Å²) in [5.74, 6) is 0. The van der Waals surface area contributed by atoms with Crippen LogP contribution in [0.5, 0.6) is 0 Å². The molecule has 2 aromatic heterocycles. The van der Waals surface area contributed by atoms with Gasteiger partial charge < -0.3 is 0 Å². The van der Waals surface area contributed by atoms with Gasteiger partial charge in [0.15, 0.2) is 0 Å². The van der Waals surface area contributed by atoms with E-state index in [1.807, 2.05) is 60.7 Å². The van der Waals surface area contributed by atoms with Crippen molar-refractivity contribution < 1.29 is 0 Å². The van der Waals surface area contributed by atoms with Gasteiger partial charge in [-0.3, -0.25) is 14.3 Å². The second kappa shape index (κ2) is 6.06. The van der Waals surface area contributed by atoms with Crippen LogP contribution in [0.15, 0.2) is 83.8 Å². The second-order valence-corrected chi connectivity index (χ2v) is 6.74. The standard InChI is InChI=1S/C24H18N2O/c1-2-16-12-13-19-20(15-16)18-9-3-4-10-21(18)26(24(19)27)22-11-5-7-17-8-6-14-25-23(17)22/h3-15H,2H2,1H3. The maximum Gasteiger partial charge on any atom is 0.263 e. The molecule has 27 heavy (non-hydrogen) atoms. The van der Waals surface area contributed by atoms with Crippen molar-refractivity contribution in [2.75, 3.05) is 0 Å².